The third-order valence-electron chi connectivity index (χ3n) is 6.87. The number of amides is 3. The maximum Gasteiger partial charge on any atom is 0.261 e. The predicted molar refractivity (Wildman–Crippen MR) is 110 cm³/mol. The van der Waals surface area contributed by atoms with Crippen LogP contribution in [0.3, 0.4) is 0 Å². The minimum Gasteiger partial charge on any atom is -0.308 e. The Balaban J connectivity index is 1.34. The molecule has 0 N–H and O–H groups in total. The lowest BCUT2D eigenvalue weighted by molar-refractivity contribution is -0.127. The van der Waals surface area contributed by atoms with E-state index in [1.54, 1.807) is 24.3 Å². The number of carbonyl (C=O) groups is 3. The van der Waals surface area contributed by atoms with E-state index in [9.17, 15) is 23.2 Å². The van der Waals surface area contributed by atoms with Crippen LogP contribution in [-0.4, -0.2) is 35.2 Å². The average molecular weight is 445 g/mol. The minimum absolute atomic E-state index is 0.0904. The summed E-state index contributed by atoms with van der Waals surface area (Å²) >= 11 is 6.04. The molecule has 1 spiro atoms. The van der Waals surface area contributed by atoms with Gasteiger partial charge < -0.3 is 4.90 Å². The number of anilines is 1. The van der Waals surface area contributed by atoms with E-state index in [4.69, 9.17) is 11.6 Å². The summed E-state index contributed by atoms with van der Waals surface area (Å²) in [6, 6.07) is 8.21. The molecule has 5 nitrogen and oxygen atoms in total. The normalized spacial score (nSPS) is 25.6. The van der Waals surface area contributed by atoms with Crippen LogP contribution in [0.5, 0.6) is 0 Å². The van der Waals surface area contributed by atoms with Gasteiger partial charge in [0.25, 0.3) is 11.8 Å². The number of hydrogen-bond acceptors (Lipinski definition) is 3. The van der Waals surface area contributed by atoms with Crippen molar-refractivity contribution in [2.45, 2.75) is 38.1 Å². The zero-order valence-electron chi connectivity index (χ0n) is 16.5. The lowest BCUT2D eigenvalue weighted by Gasteiger charge is -2.38. The highest BCUT2D eigenvalue weighted by Crippen LogP contribution is 2.48. The van der Waals surface area contributed by atoms with E-state index < -0.39 is 17.0 Å². The van der Waals surface area contributed by atoms with E-state index in [0.29, 0.717) is 49.8 Å². The zero-order chi connectivity index (χ0) is 21.9. The van der Waals surface area contributed by atoms with Crippen molar-refractivity contribution in [3.63, 3.8) is 0 Å². The molecule has 1 aliphatic carbocycles. The van der Waals surface area contributed by atoms with Gasteiger partial charge in [0, 0.05) is 18.7 Å². The quantitative estimate of drug-likeness (QED) is 0.637. The van der Waals surface area contributed by atoms with Crippen LogP contribution in [0.25, 0.3) is 0 Å². The van der Waals surface area contributed by atoms with Gasteiger partial charge in [-0.2, -0.15) is 0 Å². The zero-order valence-corrected chi connectivity index (χ0v) is 17.3. The summed E-state index contributed by atoms with van der Waals surface area (Å²) in [7, 11) is 0. The van der Waals surface area contributed by atoms with Crippen LogP contribution in [0.4, 0.5) is 14.5 Å². The van der Waals surface area contributed by atoms with Crippen LogP contribution in [0, 0.1) is 17.0 Å². The first kappa shape index (κ1) is 20.1. The second kappa shape index (κ2) is 7.12. The van der Waals surface area contributed by atoms with Gasteiger partial charge in [-0.25, -0.2) is 8.78 Å². The molecule has 1 saturated carbocycles. The van der Waals surface area contributed by atoms with Crippen LogP contribution < -0.4 is 4.90 Å². The second-order valence-electron chi connectivity index (χ2n) is 8.46. The fourth-order valence-electron chi connectivity index (χ4n) is 5.24. The van der Waals surface area contributed by atoms with Gasteiger partial charge in [-0.05, 0) is 50.3 Å². The molecular weight excluding hydrogens is 426 g/mol. The van der Waals surface area contributed by atoms with Gasteiger partial charge in [0.05, 0.1) is 27.3 Å². The Labute approximate surface area is 182 Å². The van der Waals surface area contributed by atoms with Crippen molar-refractivity contribution in [3.05, 3.63) is 64.2 Å². The molecule has 160 valence electrons. The van der Waals surface area contributed by atoms with Crippen molar-refractivity contribution >= 4 is 35.0 Å². The maximum atomic E-state index is 14.4. The van der Waals surface area contributed by atoms with Crippen molar-refractivity contribution in [1.82, 2.24) is 4.90 Å². The largest absolute Gasteiger partial charge is 0.308 e. The fraction of sp³-hybridized carbons (Fsp3) is 0.348. The Morgan fingerprint density at radius 1 is 0.935 bits per heavy atom. The van der Waals surface area contributed by atoms with Crippen molar-refractivity contribution < 1.29 is 23.2 Å². The predicted octanol–water partition coefficient (Wildman–Crippen LogP) is 4.58. The maximum absolute atomic E-state index is 14.4. The van der Waals surface area contributed by atoms with E-state index in [2.05, 4.69) is 0 Å². The highest BCUT2D eigenvalue weighted by atomic mass is 35.5. The van der Waals surface area contributed by atoms with E-state index in [1.807, 2.05) is 0 Å². The summed E-state index contributed by atoms with van der Waals surface area (Å²) in [6.07, 6.45) is 2.50. The summed E-state index contributed by atoms with van der Waals surface area (Å²) in [6.45, 7) is 0.290. The molecule has 0 bridgehead atoms. The summed E-state index contributed by atoms with van der Waals surface area (Å²) in [4.78, 5) is 41.4. The molecule has 0 atom stereocenters. The number of carbonyl (C=O) groups excluding carboxylic acids is 3. The molecule has 1 saturated heterocycles. The summed E-state index contributed by atoms with van der Waals surface area (Å²) < 4.78 is 27.8. The smallest absolute Gasteiger partial charge is 0.261 e. The van der Waals surface area contributed by atoms with Crippen LogP contribution in [0.2, 0.25) is 5.02 Å². The Morgan fingerprint density at radius 3 is 2.13 bits per heavy atom. The highest BCUT2D eigenvalue weighted by molar-refractivity contribution is 6.34. The van der Waals surface area contributed by atoms with Gasteiger partial charge >= 0.3 is 0 Å². The number of fused-ring (bicyclic) bond motifs is 1. The Kier molecular flexibility index (Phi) is 4.62. The number of rotatable bonds is 2. The molecule has 2 aromatic carbocycles. The van der Waals surface area contributed by atoms with Crippen molar-refractivity contribution in [2.24, 2.45) is 5.41 Å². The van der Waals surface area contributed by atoms with Gasteiger partial charge in [-0.15, -0.1) is 0 Å². The van der Waals surface area contributed by atoms with Crippen LogP contribution >= 0.6 is 11.6 Å². The standard InChI is InChI=1S/C23H19ClF2N2O3/c24-17-11-13(25)12-18(26)19(17)27-10-9-23(22(27)31)7-5-14(6-8-23)28-20(29)15-3-1-2-4-16(15)21(28)30/h1-4,11-12,14H,5-10H2. The topological polar surface area (TPSA) is 57.7 Å². The fourth-order valence-corrected chi connectivity index (χ4v) is 5.54. The lowest BCUT2D eigenvalue weighted by Crippen LogP contribution is -2.46. The van der Waals surface area contributed by atoms with Gasteiger partial charge in [0.1, 0.15) is 5.82 Å². The Bertz CT molecular complexity index is 1070. The number of halogens is 3. The van der Waals surface area contributed by atoms with E-state index in [1.165, 1.54) is 9.80 Å². The molecular formula is C23H19ClF2N2O3. The molecule has 3 aliphatic rings. The number of imide groups is 1. The molecule has 5 rings (SSSR count). The van der Waals surface area contributed by atoms with Crippen molar-refractivity contribution in [3.8, 4) is 0 Å². The molecule has 0 unspecified atom stereocenters. The molecule has 8 heteroatoms. The van der Waals surface area contributed by atoms with E-state index in [0.717, 1.165) is 12.1 Å². The number of nitrogens with zero attached hydrogens (tertiary/aromatic N) is 2. The molecule has 2 aliphatic heterocycles. The molecule has 0 radical (unpaired) electrons. The van der Waals surface area contributed by atoms with Crippen molar-refractivity contribution in [1.29, 1.82) is 0 Å². The molecule has 31 heavy (non-hydrogen) atoms. The van der Waals surface area contributed by atoms with Crippen molar-refractivity contribution in [2.75, 3.05) is 11.4 Å². The molecule has 2 heterocycles. The highest BCUT2D eigenvalue weighted by Gasteiger charge is 2.51. The third kappa shape index (κ3) is 2.97. The van der Waals surface area contributed by atoms with Crippen LogP contribution in [-0.2, 0) is 4.79 Å². The van der Waals surface area contributed by atoms with Crippen LogP contribution in [0.15, 0.2) is 36.4 Å². The average Bonchev–Trinajstić information content (AvgIpc) is 3.18. The Hall–Kier alpha value is -2.80. The first-order chi connectivity index (χ1) is 14.8. The number of benzene rings is 2. The first-order valence-corrected chi connectivity index (χ1v) is 10.6. The second-order valence-corrected chi connectivity index (χ2v) is 8.87. The van der Waals surface area contributed by atoms with Gasteiger partial charge in [-0.3, -0.25) is 19.3 Å². The minimum atomic E-state index is -0.866. The molecule has 2 aromatic rings. The summed E-state index contributed by atoms with van der Waals surface area (Å²) in [5.41, 5.74) is 0.0568. The molecule has 2 fully saturated rings. The molecule has 3 amide bonds. The third-order valence-corrected chi connectivity index (χ3v) is 7.16. The molecule has 0 aromatic heterocycles. The van der Waals surface area contributed by atoms with Gasteiger partial charge in [0.15, 0.2) is 5.82 Å². The first-order valence-electron chi connectivity index (χ1n) is 10.3. The summed E-state index contributed by atoms with van der Waals surface area (Å²) in [5.74, 6) is -2.48. The van der Waals surface area contributed by atoms with E-state index in [-0.39, 0.29) is 34.5 Å². The number of hydrogen-bond donors (Lipinski definition) is 0. The Morgan fingerprint density at radius 2 is 1.55 bits per heavy atom. The monoisotopic (exact) mass is 444 g/mol. The SMILES string of the molecule is O=C1c2ccccc2C(=O)N1C1CCC2(CC1)CCN(c1c(F)cc(F)cc1Cl)C2=O. The van der Waals surface area contributed by atoms with Crippen LogP contribution in [0.1, 0.15) is 52.8 Å². The summed E-state index contributed by atoms with van der Waals surface area (Å²) in [5, 5.41) is -0.136. The van der Waals surface area contributed by atoms with E-state index >= 15 is 0 Å². The lowest BCUT2D eigenvalue weighted by atomic mass is 9.71. The van der Waals surface area contributed by atoms with Gasteiger partial charge in [0.2, 0.25) is 5.91 Å². The van der Waals surface area contributed by atoms with Gasteiger partial charge in [-0.1, -0.05) is 23.7 Å².